The fourth-order valence-electron chi connectivity index (χ4n) is 1.45. The zero-order valence-corrected chi connectivity index (χ0v) is 10.2. The van der Waals surface area contributed by atoms with Gasteiger partial charge >= 0.3 is 0 Å². The average Bonchev–Trinajstić information content (AvgIpc) is 3.09. The smallest absolute Gasteiger partial charge is 0.254 e. The van der Waals surface area contributed by atoms with Crippen LogP contribution in [0, 0.1) is 0 Å². The largest absolute Gasteiger partial charge is 0.472 e. The number of H-pyrrole nitrogens is 1. The number of carbonyl (C=O) groups excluding carboxylic acids is 2. The Balaban J connectivity index is 1.63. The summed E-state index contributed by atoms with van der Waals surface area (Å²) in [7, 11) is 0. The fourth-order valence-corrected chi connectivity index (χ4v) is 1.45. The van der Waals surface area contributed by atoms with Gasteiger partial charge in [-0.1, -0.05) is 0 Å². The van der Waals surface area contributed by atoms with Gasteiger partial charge in [0.25, 0.3) is 5.91 Å². The standard InChI is InChI=1S/C12H14N4O3/c17-11(14-7-10-1-5-15-16-10)2-4-13-12(18)9-3-6-19-8-9/h1,3,5-6,8H,2,4,7H2,(H,13,18)(H,14,17)(H,15,16). The van der Waals surface area contributed by atoms with E-state index in [9.17, 15) is 9.59 Å². The summed E-state index contributed by atoms with van der Waals surface area (Å²) in [6.45, 7) is 0.674. The first-order chi connectivity index (χ1) is 9.25. The van der Waals surface area contributed by atoms with Gasteiger partial charge in [-0.25, -0.2) is 0 Å². The number of aromatic amines is 1. The van der Waals surface area contributed by atoms with E-state index in [0.717, 1.165) is 5.69 Å². The summed E-state index contributed by atoms with van der Waals surface area (Å²) in [6, 6.07) is 3.34. The summed E-state index contributed by atoms with van der Waals surface area (Å²) < 4.78 is 4.79. The van der Waals surface area contributed by atoms with Crippen LogP contribution in [0.3, 0.4) is 0 Å². The average molecular weight is 262 g/mol. The zero-order chi connectivity index (χ0) is 13.5. The summed E-state index contributed by atoms with van der Waals surface area (Å²) in [4.78, 5) is 23.0. The second-order valence-corrected chi connectivity index (χ2v) is 3.88. The number of furan rings is 1. The van der Waals surface area contributed by atoms with Crippen molar-refractivity contribution in [2.45, 2.75) is 13.0 Å². The highest BCUT2D eigenvalue weighted by atomic mass is 16.3. The van der Waals surface area contributed by atoms with Crippen molar-refractivity contribution in [2.24, 2.45) is 0 Å². The molecule has 2 amide bonds. The minimum absolute atomic E-state index is 0.137. The molecule has 0 spiro atoms. The van der Waals surface area contributed by atoms with Crippen LogP contribution in [-0.4, -0.2) is 28.6 Å². The predicted octanol–water partition coefficient (Wildman–Crippen LogP) is 0.439. The normalized spacial score (nSPS) is 10.1. The Morgan fingerprint density at radius 3 is 2.89 bits per heavy atom. The number of nitrogens with zero attached hydrogens (tertiary/aromatic N) is 1. The molecule has 0 fully saturated rings. The minimum Gasteiger partial charge on any atom is -0.472 e. The van der Waals surface area contributed by atoms with Crippen LogP contribution in [0.4, 0.5) is 0 Å². The SMILES string of the molecule is O=C(CCNC(=O)c1ccoc1)NCc1ccn[nH]1. The molecule has 0 aliphatic rings. The van der Waals surface area contributed by atoms with Crippen LogP contribution in [0.1, 0.15) is 22.5 Å². The van der Waals surface area contributed by atoms with Gasteiger partial charge in [0.15, 0.2) is 0 Å². The van der Waals surface area contributed by atoms with Gasteiger partial charge < -0.3 is 15.1 Å². The second-order valence-electron chi connectivity index (χ2n) is 3.88. The van der Waals surface area contributed by atoms with Crippen LogP contribution >= 0.6 is 0 Å². The highest BCUT2D eigenvalue weighted by molar-refractivity contribution is 5.93. The van der Waals surface area contributed by atoms with Crippen LogP contribution in [0.5, 0.6) is 0 Å². The molecule has 100 valence electrons. The maximum Gasteiger partial charge on any atom is 0.254 e. The second kappa shape index (κ2) is 6.39. The third-order valence-electron chi connectivity index (χ3n) is 2.46. The zero-order valence-electron chi connectivity index (χ0n) is 10.2. The third-order valence-corrected chi connectivity index (χ3v) is 2.46. The van der Waals surface area contributed by atoms with E-state index in [4.69, 9.17) is 4.42 Å². The molecule has 0 unspecified atom stereocenters. The molecule has 2 rings (SSSR count). The van der Waals surface area contributed by atoms with Crippen molar-refractivity contribution >= 4 is 11.8 Å². The molecule has 0 aliphatic heterocycles. The molecular weight excluding hydrogens is 248 g/mol. The van der Waals surface area contributed by atoms with Gasteiger partial charge in [0.2, 0.25) is 5.91 Å². The van der Waals surface area contributed by atoms with Crippen molar-refractivity contribution in [3.63, 3.8) is 0 Å². The van der Waals surface area contributed by atoms with Crippen molar-refractivity contribution < 1.29 is 14.0 Å². The van der Waals surface area contributed by atoms with Gasteiger partial charge in [0.1, 0.15) is 6.26 Å². The molecule has 0 saturated heterocycles. The first-order valence-electron chi connectivity index (χ1n) is 5.81. The number of rotatable bonds is 6. The lowest BCUT2D eigenvalue weighted by Gasteiger charge is -2.04. The summed E-state index contributed by atoms with van der Waals surface area (Å²) in [6.07, 6.45) is 4.62. The summed E-state index contributed by atoms with van der Waals surface area (Å²) >= 11 is 0. The Hall–Kier alpha value is -2.57. The Morgan fingerprint density at radius 2 is 2.21 bits per heavy atom. The molecule has 0 radical (unpaired) electrons. The predicted molar refractivity (Wildman–Crippen MR) is 66.1 cm³/mol. The first kappa shape index (κ1) is 12.9. The summed E-state index contributed by atoms with van der Waals surface area (Å²) in [5.74, 6) is -0.391. The lowest BCUT2D eigenvalue weighted by Crippen LogP contribution is -2.30. The molecule has 2 aromatic heterocycles. The molecule has 2 heterocycles. The van der Waals surface area contributed by atoms with Crippen LogP contribution in [0.15, 0.2) is 35.3 Å². The molecule has 2 aromatic rings. The van der Waals surface area contributed by atoms with E-state index in [1.54, 1.807) is 18.3 Å². The van der Waals surface area contributed by atoms with E-state index in [2.05, 4.69) is 20.8 Å². The van der Waals surface area contributed by atoms with E-state index >= 15 is 0 Å². The monoisotopic (exact) mass is 262 g/mol. The highest BCUT2D eigenvalue weighted by Crippen LogP contribution is 1.98. The van der Waals surface area contributed by atoms with Gasteiger partial charge in [-0.2, -0.15) is 5.10 Å². The van der Waals surface area contributed by atoms with Gasteiger partial charge in [-0.3, -0.25) is 14.7 Å². The molecule has 3 N–H and O–H groups in total. The quantitative estimate of drug-likeness (QED) is 0.703. The lowest BCUT2D eigenvalue weighted by molar-refractivity contribution is -0.121. The van der Waals surface area contributed by atoms with E-state index in [1.807, 2.05) is 0 Å². The van der Waals surface area contributed by atoms with Gasteiger partial charge in [-0.05, 0) is 12.1 Å². The number of aromatic nitrogens is 2. The molecule has 7 heteroatoms. The summed E-state index contributed by atoms with van der Waals surface area (Å²) in [5.41, 5.74) is 1.27. The molecule has 7 nitrogen and oxygen atoms in total. The highest BCUT2D eigenvalue weighted by Gasteiger charge is 2.07. The van der Waals surface area contributed by atoms with Crippen LogP contribution < -0.4 is 10.6 Å². The van der Waals surface area contributed by atoms with Gasteiger partial charge in [0, 0.05) is 19.2 Å². The van der Waals surface area contributed by atoms with E-state index < -0.39 is 0 Å². The van der Waals surface area contributed by atoms with Gasteiger partial charge in [-0.15, -0.1) is 0 Å². The Bertz CT molecular complexity index is 519. The molecule has 0 saturated carbocycles. The number of hydrogen-bond donors (Lipinski definition) is 3. The van der Waals surface area contributed by atoms with Crippen molar-refractivity contribution in [1.29, 1.82) is 0 Å². The van der Waals surface area contributed by atoms with Gasteiger partial charge in [0.05, 0.1) is 24.1 Å². The van der Waals surface area contributed by atoms with Crippen LogP contribution in [0.2, 0.25) is 0 Å². The van der Waals surface area contributed by atoms with Crippen molar-refractivity contribution in [1.82, 2.24) is 20.8 Å². The number of nitrogens with one attached hydrogen (secondary N) is 3. The Labute approximate surface area is 109 Å². The topological polar surface area (TPSA) is 100 Å². The maximum absolute atomic E-state index is 11.5. The minimum atomic E-state index is -0.255. The van der Waals surface area contributed by atoms with Crippen LogP contribution in [0.25, 0.3) is 0 Å². The molecule has 0 atom stereocenters. The van der Waals surface area contributed by atoms with Crippen molar-refractivity contribution in [3.8, 4) is 0 Å². The summed E-state index contributed by atoms with van der Waals surface area (Å²) in [5, 5.41) is 11.9. The van der Waals surface area contributed by atoms with Crippen molar-refractivity contribution in [2.75, 3.05) is 6.54 Å². The number of hydrogen-bond acceptors (Lipinski definition) is 4. The fraction of sp³-hybridized carbons (Fsp3) is 0.250. The molecular formula is C12H14N4O3. The third kappa shape index (κ3) is 3.98. The van der Waals surface area contributed by atoms with E-state index in [1.165, 1.54) is 12.5 Å². The number of carbonyl (C=O) groups is 2. The lowest BCUT2D eigenvalue weighted by atomic mass is 10.3. The molecule has 0 aromatic carbocycles. The molecule has 0 aliphatic carbocycles. The maximum atomic E-state index is 11.5. The van der Waals surface area contributed by atoms with E-state index in [-0.39, 0.29) is 24.8 Å². The molecule has 0 bridgehead atoms. The molecule has 19 heavy (non-hydrogen) atoms. The van der Waals surface area contributed by atoms with Crippen LogP contribution in [-0.2, 0) is 11.3 Å². The van der Waals surface area contributed by atoms with E-state index in [0.29, 0.717) is 12.1 Å². The number of amides is 2. The Kier molecular flexibility index (Phi) is 4.33. The Morgan fingerprint density at radius 1 is 1.32 bits per heavy atom. The first-order valence-corrected chi connectivity index (χ1v) is 5.81. The van der Waals surface area contributed by atoms with Crippen molar-refractivity contribution in [3.05, 3.63) is 42.1 Å².